The minimum Gasteiger partial charge on any atom is -0.456 e. The van der Waals surface area contributed by atoms with E-state index in [1.165, 1.54) is 0 Å². The smallest absolute Gasteiger partial charge is 0.182 e. The number of carbonyl (C=O) groups is 1. The van der Waals surface area contributed by atoms with E-state index >= 15 is 0 Å². The Labute approximate surface area is 253 Å². The third-order valence-electron chi connectivity index (χ3n) is 8.32. The second-order valence-electron chi connectivity index (χ2n) is 11.1. The average Bonchev–Trinajstić information content (AvgIpc) is 3.76. The number of hydrogen-bond acceptors (Lipinski definition) is 4. The Morgan fingerprint density at radius 3 is 2.02 bits per heavy atom. The summed E-state index contributed by atoms with van der Waals surface area (Å²) in [4.78, 5) is 18.4. The van der Waals surface area contributed by atoms with Gasteiger partial charge in [0.2, 0.25) is 0 Å². The highest BCUT2D eigenvalue weighted by molar-refractivity contribution is 6.00. The molecule has 0 unspecified atom stereocenters. The predicted octanol–water partition coefficient (Wildman–Crippen LogP) is 9.55. The van der Waals surface area contributed by atoms with Crippen LogP contribution in [-0.2, 0) is 13.0 Å². The second-order valence-corrected chi connectivity index (χ2v) is 11.1. The second kappa shape index (κ2) is 10.5. The summed E-state index contributed by atoms with van der Waals surface area (Å²) in [6.07, 6.45) is 2.75. The fourth-order valence-electron chi connectivity index (χ4n) is 6.10. The molecule has 8 rings (SSSR count). The number of fused-ring (bicyclic) bond motifs is 4. The molecule has 0 fully saturated rings. The van der Waals surface area contributed by atoms with Crippen molar-refractivity contribution in [3.05, 3.63) is 156 Å². The molecule has 0 aliphatic carbocycles. The molecule has 0 amide bonds. The standard InChI is InChI=1S/C39H28N2O3/c1-25-40-33-14-8-13-27(39(33)41(25)24-34(42)29-18-17-26-9-2-3-10-28(26)21-29)19-20-32(37-22-30-11-4-6-15-35(30)43-37)38-23-31-12-5-7-16-36(31)44-38/h2-18,20-23H,19,24H2,1H3. The number of aryl methyl sites for hydroxylation is 1. The van der Waals surface area contributed by atoms with Crippen molar-refractivity contribution in [2.45, 2.75) is 19.9 Å². The number of ketones is 1. The molecule has 0 radical (unpaired) electrons. The molecule has 0 saturated heterocycles. The van der Waals surface area contributed by atoms with Gasteiger partial charge in [-0.3, -0.25) is 4.79 Å². The van der Waals surface area contributed by atoms with Crippen LogP contribution in [0.3, 0.4) is 0 Å². The molecule has 0 spiro atoms. The predicted molar refractivity (Wildman–Crippen MR) is 176 cm³/mol. The maximum atomic E-state index is 13.6. The van der Waals surface area contributed by atoms with Crippen molar-refractivity contribution in [3.8, 4) is 0 Å². The summed E-state index contributed by atoms with van der Waals surface area (Å²) in [6, 6.07) is 40.3. The number of aromatic nitrogens is 2. The molecule has 0 atom stereocenters. The van der Waals surface area contributed by atoms with Crippen molar-refractivity contribution in [1.82, 2.24) is 9.55 Å². The molecular formula is C39H28N2O3. The van der Waals surface area contributed by atoms with Gasteiger partial charge in [-0.15, -0.1) is 0 Å². The zero-order chi connectivity index (χ0) is 29.6. The first-order valence-electron chi connectivity index (χ1n) is 14.8. The van der Waals surface area contributed by atoms with Gasteiger partial charge in [0.05, 0.1) is 23.2 Å². The molecule has 0 aliphatic rings. The molecule has 8 aromatic rings. The Morgan fingerprint density at radius 2 is 1.34 bits per heavy atom. The molecule has 5 aromatic carbocycles. The highest BCUT2D eigenvalue weighted by Crippen LogP contribution is 2.34. The number of nitrogens with zero attached hydrogens (tertiary/aromatic N) is 2. The average molecular weight is 573 g/mol. The fraction of sp³-hybridized carbons (Fsp3) is 0.0769. The quantitative estimate of drug-likeness (QED) is 0.178. The van der Waals surface area contributed by atoms with Crippen LogP contribution < -0.4 is 0 Å². The Balaban J connectivity index is 1.20. The van der Waals surface area contributed by atoms with Crippen LogP contribution in [0, 0.1) is 6.92 Å². The van der Waals surface area contributed by atoms with Crippen LogP contribution in [0.4, 0.5) is 0 Å². The van der Waals surface area contributed by atoms with Crippen molar-refractivity contribution < 1.29 is 13.6 Å². The van der Waals surface area contributed by atoms with Gasteiger partial charge >= 0.3 is 0 Å². The summed E-state index contributed by atoms with van der Waals surface area (Å²) in [6.45, 7) is 2.17. The fourth-order valence-corrected chi connectivity index (χ4v) is 6.10. The van der Waals surface area contributed by atoms with Crippen LogP contribution >= 0.6 is 0 Å². The molecule has 0 bridgehead atoms. The Bertz CT molecular complexity index is 2240. The third-order valence-corrected chi connectivity index (χ3v) is 8.32. The number of Topliss-reactive ketones (excluding diaryl/α,β-unsaturated/α-hetero) is 1. The van der Waals surface area contributed by atoms with Gasteiger partial charge in [0.25, 0.3) is 0 Å². The first-order chi connectivity index (χ1) is 21.6. The first kappa shape index (κ1) is 26.0. The number of imidazole rings is 1. The molecule has 0 aliphatic heterocycles. The van der Waals surface area contributed by atoms with Gasteiger partial charge in [-0.2, -0.15) is 0 Å². The monoisotopic (exact) mass is 572 g/mol. The number of benzene rings is 5. The number of rotatable bonds is 7. The largest absolute Gasteiger partial charge is 0.456 e. The number of hydrogen-bond donors (Lipinski definition) is 0. The van der Waals surface area contributed by atoms with E-state index in [0.29, 0.717) is 12.0 Å². The topological polar surface area (TPSA) is 61.2 Å². The van der Waals surface area contributed by atoms with Crippen molar-refractivity contribution in [1.29, 1.82) is 0 Å². The number of carbonyl (C=O) groups excluding carboxylic acids is 1. The molecule has 5 heteroatoms. The van der Waals surface area contributed by atoms with Gasteiger partial charge in [-0.05, 0) is 66.1 Å². The van der Waals surface area contributed by atoms with Crippen LogP contribution in [0.2, 0.25) is 0 Å². The highest BCUT2D eigenvalue weighted by Gasteiger charge is 2.18. The molecular weight excluding hydrogens is 544 g/mol. The van der Waals surface area contributed by atoms with Crippen molar-refractivity contribution in [2.75, 3.05) is 0 Å². The summed E-state index contributed by atoms with van der Waals surface area (Å²) in [5.41, 5.74) is 6.13. The lowest BCUT2D eigenvalue weighted by molar-refractivity contribution is 0.0972. The van der Waals surface area contributed by atoms with Gasteiger partial charge in [0.1, 0.15) is 28.5 Å². The molecule has 0 saturated carbocycles. The van der Waals surface area contributed by atoms with Gasteiger partial charge in [0, 0.05) is 16.3 Å². The molecule has 0 N–H and O–H groups in total. The minimum absolute atomic E-state index is 0.0498. The van der Waals surface area contributed by atoms with E-state index in [9.17, 15) is 4.79 Å². The lowest BCUT2D eigenvalue weighted by Crippen LogP contribution is -2.12. The molecule has 212 valence electrons. The van der Waals surface area contributed by atoms with Crippen LogP contribution in [0.5, 0.6) is 0 Å². The van der Waals surface area contributed by atoms with Crippen molar-refractivity contribution >= 4 is 55.1 Å². The minimum atomic E-state index is 0.0498. The first-order valence-corrected chi connectivity index (χ1v) is 14.8. The van der Waals surface area contributed by atoms with Gasteiger partial charge in [-0.1, -0.05) is 91.0 Å². The summed E-state index contributed by atoms with van der Waals surface area (Å²) < 4.78 is 14.7. The van der Waals surface area contributed by atoms with E-state index < -0.39 is 0 Å². The molecule has 5 nitrogen and oxygen atoms in total. The zero-order valence-corrected chi connectivity index (χ0v) is 24.2. The van der Waals surface area contributed by atoms with E-state index in [4.69, 9.17) is 13.8 Å². The maximum Gasteiger partial charge on any atom is 0.182 e. The highest BCUT2D eigenvalue weighted by atomic mass is 16.4. The van der Waals surface area contributed by atoms with E-state index in [1.54, 1.807) is 0 Å². The van der Waals surface area contributed by atoms with Crippen LogP contribution in [-0.4, -0.2) is 15.3 Å². The Kier molecular flexibility index (Phi) is 6.23. The van der Waals surface area contributed by atoms with E-state index in [1.807, 2.05) is 109 Å². The molecule has 3 aromatic heterocycles. The normalized spacial score (nSPS) is 11.6. The Hall–Kier alpha value is -5.68. The zero-order valence-electron chi connectivity index (χ0n) is 24.2. The van der Waals surface area contributed by atoms with Crippen LogP contribution in [0.15, 0.2) is 136 Å². The van der Waals surface area contributed by atoms with Gasteiger partial charge in [-0.25, -0.2) is 4.98 Å². The molecule has 3 heterocycles. The number of para-hydroxylation sites is 3. The summed E-state index contributed by atoms with van der Waals surface area (Å²) in [7, 11) is 0. The van der Waals surface area contributed by atoms with Crippen molar-refractivity contribution in [2.24, 2.45) is 0 Å². The number of furan rings is 2. The maximum absolute atomic E-state index is 13.6. The Morgan fingerprint density at radius 1 is 0.705 bits per heavy atom. The van der Waals surface area contributed by atoms with Crippen molar-refractivity contribution in [3.63, 3.8) is 0 Å². The van der Waals surface area contributed by atoms with Crippen LogP contribution in [0.1, 0.15) is 33.3 Å². The van der Waals surface area contributed by atoms with E-state index in [-0.39, 0.29) is 12.3 Å². The number of allylic oxidation sites excluding steroid dienone is 1. The van der Waals surface area contributed by atoms with Gasteiger partial charge in [0.15, 0.2) is 5.78 Å². The van der Waals surface area contributed by atoms with E-state index in [2.05, 4.69) is 30.3 Å². The van der Waals surface area contributed by atoms with Gasteiger partial charge < -0.3 is 13.4 Å². The third kappa shape index (κ3) is 4.59. The molecule has 44 heavy (non-hydrogen) atoms. The summed E-state index contributed by atoms with van der Waals surface area (Å²) >= 11 is 0. The summed E-state index contributed by atoms with van der Waals surface area (Å²) in [5.74, 6) is 2.34. The van der Waals surface area contributed by atoms with Crippen LogP contribution in [0.25, 0.3) is 49.3 Å². The van der Waals surface area contributed by atoms with E-state index in [0.717, 1.165) is 72.2 Å². The summed E-state index contributed by atoms with van der Waals surface area (Å²) in [5, 5.41) is 4.24. The lowest BCUT2D eigenvalue weighted by Gasteiger charge is -2.10. The SMILES string of the molecule is Cc1nc2cccc(CC=C(c3cc4ccccc4o3)c3cc4ccccc4o3)c2n1CC(=O)c1ccc2ccccc2c1. The lowest BCUT2D eigenvalue weighted by atomic mass is 10.0.